The van der Waals surface area contributed by atoms with Crippen molar-refractivity contribution in [1.29, 1.82) is 0 Å². The topological polar surface area (TPSA) is 50.8 Å². The number of aryl methyl sites for hydroxylation is 1. The van der Waals surface area contributed by atoms with E-state index in [9.17, 15) is 4.79 Å². The minimum Gasteiger partial charge on any atom is -0.486 e. The maximum atomic E-state index is 13.1. The molecule has 0 aliphatic carbocycles. The van der Waals surface area contributed by atoms with Crippen LogP contribution in [-0.4, -0.2) is 43.7 Å². The van der Waals surface area contributed by atoms with Crippen LogP contribution in [0.25, 0.3) is 0 Å². The van der Waals surface area contributed by atoms with Crippen molar-refractivity contribution in [3.63, 3.8) is 0 Å². The van der Waals surface area contributed by atoms with Crippen molar-refractivity contribution in [3.8, 4) is 11.5 Å². The highest BCUT2D eigenvalue weighted by atomic mass is 16.6. The number of amides is 1. The van der Waals surface area contributed by atoms with Crippen LogP contribution < -0.4 is 14.8 Å². The Morgan fingerprint density at radius 3 is 2.59 bits per heavy atom. The van der Waals surface area contributed by atoms with Crippen molar-refractivity contribution >= 4 is 5.91 Å². The molecule has 4 rings (SSSR count). The van der Waals surface area contributed by atoms with Gasteiger partial charge in [0.1, 0.15) is 13.2 Å². The highest BCUT2D eigenvalue weighted by Crippen LogP contribution is 2.31. The van der Waals surface area contributed by atoms with E-state index >= 15 is 0 Å². The van der Waals surface area contributed by atoms with Gasteiger partial charge < -0.3 is 19.7 Å². The number of hydrogen-bond acceptors (Lipinski definition) is 4. The first-order valence-electron chi connectivity index (χ1n) is 9.72. The molecule has 5 nitrogen and oxygen atoms in total. The van der Waals surface area contributed by atoms with Gasteiger partial charge in [0.25, 0.3) is 0 Å². The Labute approximate surface area is 160 Å². The summed E-state index contributed by atoms with van der Waals surface area (Å²) in [5.41, 5.74) is 3.47. The number of rotatable bonds is 4. The molecule has 0 bridgehead atoms. The predicted molar refractivity (Wildman–Crippen MR) is 104 cm³/mol. The van der Waals surface area contributed by atoms with Crippen LogP contribution in [0.1, 0.15) is 29.7 Å². The molecule has 142 valence electrons. The van der Waals surface area contributed by atoms with Crippen molar-refractivity contribution < 1.29 is 14.3 Å². The molecule has 1 N–H and O–H groups in total. The van der Waals surface area contributed by atoms with E-state index in [0.717, 1.165) is 43.1 Å². The number of carbonyl (C=O) groups excluding carboxylic acids is 1. The lowest BCUT2D eigenvalue weighted by molar-refractivity contribution is -0.133. The zero-order valence-electron chi connectivity index (χ0n) is 15.7. The molecule has 2 heterocycles. The Hall–Kier alpha value is -2.53. The van der Waals surface area contributed by atoms with E-state index in [0.29, 0.717) is 19.6 Å². The molecule has 2 aromatic rings. The maximum Gasteiger partial charge on any atom is 0.227 e. The van der Waals surface area contributed by atoms with Crippen LogP contribution in [0, 0.1) is 0 Å². The molecule has 1 saturated heterocycles. The first-order chi connectivity index (χ1) is 13.2. The van der Waals surface area contributed by atoms with E-state index < -0.39 is 0 Å². The molecular formula is C22H26N2O3. The van der Waals surface area contributed by atoms with Crippen LogP contribution in [0.5, 0.6) is 11.5 Å². The SMILES string of the molecule is CCc1ccc(C2CNCCN2C(=O)Cc2ccc3c(c2)OCCO3)cc1. The summed E-state index contributed by atoms with van der Waals surface area (Å²) in [5.74, 6) is 1.64. The number of carbonyl (C=O) groups is 1. The van der Waals surface area contributed by atoms with Crippen LogP contribution >= 0.6 is 0 Å². The number of ether oxygens (including phenoxy) is 2. The fraction of sp³-hybridized carbons (Fsp3) is 0.409. The third-order valence-corrected chi connectivity index (χ3v) is 5.30. The lowest BCUT2D eigenvalue weighted by Crippen LogP contribution is -2.49. The third-order valence-electron chi connectivity index (χ3n) is 5.30. The summed E-state index contributed by atoms with van der Waals surface area (Å²) in [6.45, 7) is 5.63. The second-order valence-corrected chi connectivity index (χ2v) is 7.06. The minimum absolute atomic E-state index is 0.0781. The average Bonchev–Trinajstić information content (AvgIpc) is 2.73. The zero-order valence-corrected chi connectivity index (χ0v) is 15.7. The molecule has 27 heavy (non-hydrogen) atoms. The Balaban J connectivity index is 1.50. The minimum atomic E-state index is 0.0781. The fourth-order valence-electron chi connectivity index (χ4n) is 3.75. The Morgan fingerprint density at radius 2 is 1.81 bits per heavy atom. The quantitative estimate of drug-likeness (QED) is 0.904. The number of piperazine rings is 1. The van der Waals surface area contributed by atoms with Crippen molar-refractivity contribution in [1.82, 2.24) is 10.2 Å². The summed E-state index contributed by atoms with van der Waals surface area (Å²) in [4.78, 5) is 15.1. The van der Waals surface area contributed by atoms with Gasteiger partial charge in [-0.1, -0.05) is 37.3 Å². The number of benzene rings is 2. The van der Waals surface area contributed by atoms with Gasteiger partial charge in [0.2, 0.25) is 5.91 Å². The summed E-state index contributed by atoms with van der Waals surface area (Å²) in [7, 11) is 0. The fourth-order valence-corrected chi connectivity index (χ4v) is 3.75. The number of nitrogens with one attached hydrogen (secondary N) is 1. The van der Waals surface area contributed by atoms with E-state index in [1.807, 2.05) is 23.1 Å². The molecule has 2 aliphatic rings. The standard InChI is InChI=1S/C22H26N2O3/c1-2-16-3-6-18(7-4-16)19-15-23-9-10-24(19)22(25)14-17-5-8-20-21(13-17)27-12-11-26-20/h3-8,13,19,23H,2,9-12,14-15H2,1H3. The first-order valence-corrected chi connectivity index (χ1v) is 9.72. The van der Waals surface area contributed by atoms with Crippen LogP contribution in [0.15, 0.2) is 42.5 Å². The van der Waals surface area contributed by atoms with E-state index in [4.69, 9.17) is 9.47 Å². The van der Waals surface area contributed by atoms with Gasteiger partial charge >= 0.3 is 0 Å². The first kappa shape index (κ1) is 17.9. The molecular weight excluding hydrogens is 340 g/mol. The van der Waals surface area contributed by atoms with Crippen LogP contribution in [-0.2, 0) is 17.6 Å². The zero-order chi connectivity index (χ0) is 18.6. The summed E-state index contributed by atoms with van der Waals surface area (Å²) in [6.07, 6.45) is 1.40. The smallest absolute Gasteiger partial charge is 0.227 e. The van der Waals surface area contributed by atoms with E-state index in [1.54, 1.807) is 0 Å². The van der Waals surface area contributed by atoms with E-state index in [1.165, 1.54) is 11.1 Å². The monoisotopic (exact) mass is 366 g/mol. The second-order valence-electron chi connectivity index (χ2n) is 7.06. The van der Waals surface area contributed by atoms with Crippen LogP contribution in [0.3, 0.4) is 0 Å². The molecule has 0 aromatic heterocycles. The van der Waals surface area contributed by atoms with Gasteiger partial charge in [0.05, 0.1) is 12.5 Å². The Morgan fingerprint density at radius 1 is 1.07 bits per heavy atom. The van der Waals surface area contributed by atoms with Crippen molar-refractivity contribution in [2.75, 3.05) is 32.8 Å². The van der Waals surface area contributed by atoms with Crippen molar-refractivity contribution in [3.05, 3.63) is 59.2 Å². The van der Waals surface area contributed by atoms with Gasteiger partial charge in [-0.3, -0.25) is 4.79 Å². The van der Waals surface area contributed by atoms with Crippen molar-refractivity contribution in [2.45, 2.75) is 25.8 Å². The summed E-state index contributed by atoms with van der Waals surface area (Å²) in [5, 5.41) is 3.42. The number of nitrogens with zero attached hydrogens (tertiary/aromatic N) is 1. The van der Waals surface area contributed by atoms with E-state index in [2.05, 4.69) is 36.5 Å². The predicted octanol–water partition coefficient (Wildman–Crippen LogP) is 2.74. The lowest BCUT2D eigenvalue weighted by atomic mass is 10.00. The molecule has 1 unspecified atom stereocenters. The van der Waals surface area contributed by atoms with Gasteiger partial charge in [0.15, 0.2) is 11.5 Å². The van der Waals surface area contributed by atoms with Gasteiger partial charge in [-0.25, -0.2) is 0 Å². The van der Waals surface area contributed by atoms with Crippen LogP contribution in [0.2, 0.25) is 0 Å². The largest absolute Gasteiger partial charge is 0.486 e. The molecule has 0 radical (unpaired) electrons. The average molecular weight is 366 g/mol. The van der Waals surface area contributed by atoms with Gasteiger partial charge in [-0.2, -0.15) is 0 Å². The molecule has 1 atom stereocenters. The molecule has 1 fully saturated rings. The Bertz CT molecular complexity index is 804. The summed E-state index contributed by atoms with van der Waals surface area (Å²) >= 11 is 0. The lowest BCUT2D eigenvalue weighted by Gasteiger charge is -2.37. The van der Waals surface area contributed by atoms with Gasteiger partial charge in [-0.05, 0) is 35.2 Å². The number of fused-ring (bicyclic) bond motifs is 1. The molecule has 2 aliphatic heterocycles. The second kappa shape index (κ2) is 8.01. The van der Waals surface area contributed by atoms with Gasteiger partial charge in [-0.15, -0.1) is 0 Å². The Kier molecular flexibility index (Phi) is 5.30. The molecule has 2 aromatic carbocycles. The summed E-state index contributed by atoms with van der Waals surface area (Å²) in [6, 6.07) is 14.5. The van der Waals surface area contributed by atoms with Crippen LogP contribution in [0.4, 0.5) is 0 Å². The molecule has 5 heteroatoms. The molecule has 0 saturated carbocycles. The van der Waals surface area contributed by atoms with Crippen molar-refractivity contribution in [2.24, 2.45) is 0 Å². The number of hydrogen-bond donors (Lipinski definition) is 1. The maximum absolute atomic E-state index is 13.1. The highest BCUT2D eigenvalue weighted by Gasteiger charge is 2.28. The third kappa shape index (κ3) is 3.93. The normalized spacial score (nSPS) is 19.0. The molecule has 1 amide bonds. The van der Waals surface area contributed by atoms with Gasteiger partial charge in [0, 0.05) is 19.6 Å². The highest BCUT2D eigenvalue weighted by molar-refractivity contribution is 5.79. The molecule has 0 spiro atoms. The van der Waals surface area contributed by atoms with E-state index in [-0.39, 0.29) is 11.9 Å². The summed E-state index contributed by atoms with van der Waals surface area (Å²) < 4.78 is 11.2.